The Kier molecular flexibility index (Phi) is 3.02. The van der Waals surface area contributed by atoms with E-state index in [1.165, 1.54) is 13.4 Å². The fourth-order valence-corrected chi connectivity index (χ4v) is 2.52. The molecule has 1 aliphatic heterocycles. The van der Waals surface area contributed by atoms with Crippen molar-refractivity contribution in [1.29, 1.82) is 0 Å². The molecule has 100 valence electrons. The number of methoxy groups -OCH3 is 1. The molecule has 0 aromatic carbocycles. The number of aromatic amines is 1. The number of hydrogen-bond acceptors (Lipinski definition) is 6. The van der Waals surface area contributed by atoms with Crippen LogP contribution >= 0.6 is 0 Å². The summed E-state index contributed by atoms with van der Waals surface area (Å²) in [6.07, 6.45) is 4.91. The Morgan fingerprint density at radius 1 is 1.47 bits per heavy atom. The molecular formula is C12H15N5O2. The fourth-order valence-electron chi connectivity index (χ4n) is 2.52. The third-order valence-corrected chi connectivity index (χ3v) is 3.46. The second-order valence-electron chi connectivity index (χ2n) is 4.61. The highest BCUT2D eigenvalue weighted by Crippen LogP contribution is 2.26. The lowest BCUT2D eigenvalue weighted by Gasteiger charge is -2.32. The van der Waals surface area contributed by atoms with Crippen molar-refractivity contribution in [2.75, 3.05) is 25.1 Å². The molecule has 0 aliphatic carbocycles. The summed E-state index contributed by atoms with van der Waals surface area (Å²) in [5, 5.41) is 0. The number of fused-ring (bicyclic) bond motifs is 1. The van der Waals surface area contributed by atoms with Gasteiger partial charge in [-0.2, -0.15) is 0 Å². The molecule has 2 aromatic heterocycles. The van der Waals surface area contributed by atoms with Crippen LogP contribution in [0.5, 0.6) is 0 Å². The molecule has 0 spiro atoms. The van der Waals surface area contributed by atoms with Gasteiger partial charge in [0.15, 0.2) is 11.5 Å². The van der Waals surface area contributed by atoms with E-state index >= 15 is 0 Å². The summed E-state index contributed by atoms with van der Waals surface area (Å²) in [4.78, 5) is 29.3. The molecule has 2 aromatic rings. The molecular weight excluding hydrogens is 246 g/mol. The van der Waals surface area contributed by atoms with Crippen molar-refractivity contribution >= 4 is 23.0 Å². The smallest absolute Gasteiger partial charge is 0.310 e. The molecule has 1 N–H and O–H groups in total. The van der Waals surface area contributed by atoms with Crippen LogP contribution in [0.25, 0.3) is 11.2 Å². The molecule has 1 atom stereocenters. The summed E-state index contributed by atoms with van der Waals surface area (Å²) in [6, 6.07) is 0. The first-order valence-electron chi connectivity index (χ1n) is 6.26. The SMILES string of the molecule is COC(=O)C1CCCN(c2ncnc3nc[nH]c23)C1. The van der Waals surface area contributed by atoms with Crippen molar-refractivity contribution in [3.8, 4) is 0 Å². The molecule has 1 aliphatic rings. The van der Waals surface area contributed by atoms with Crippen molar-refractivity contribution in [3.63, 3.8) is 0 Å². The van der Waals surface area contributed by atoms with Crippen LogP contribution in [0.3, 0.4) is 0 Å². The predicted molar refractivity (Wildman–Crippen MR) is 68.6 cm³/mol. The summed E-state index contributed by atoms with van der Waals surface area (Å²) in [7, 11) is 1.43. The summed E-state index contributed by atoms with van der Waals surface area (Å²) in [5.74, 6) is 0.558. The number of piperidine rings is 1. The molecule has 0 bridgehead atoms. The topological polar surface area (TPSA) is 84.0 Å². The second kappa shape index (κ2) is 4.83. The van der Waals surface area contributed by atoms with Crippen LogP contribution in [0.1, 0.15) is 12.8 Å². The van der Waals surface area contributed by atoms with Gasteiger partial charge in [0.1, 0.15) is 11.8 Å². The van der Waals surface area contributed by atoms with Crippen molar-refractivity contribution in [2.24, 2.45) is 5.92 Å². The number of esters is 1. The Morgan fingerprint density at radius 2 is 2.37 bits per heavy atom. The van der Waals surface area contributed by atoms with E-state index in [2.05, 4.69) is 24.8 Å². The third-order valence-electron chi connectivity index (χ3n) is 3.46. The molecule has 3 heterocycles. The maximum absolute atomic E-state index is 11.7. The number of nitrogens with zero attached hydrogens (tertiary/aromatic N) is 4. The third kappa shape index (κ3) is 2.11. The van der Waals surface area contributed by atoms with Gasteiger partial charge in [0, 0.05) is 13.1 Å². The van der Waals surface area contributed by atoms with Gasteiger partial charge in [-0.05, 0) is 12.8 Å². The summed E-state index contributed by atoms with van der Waals surface area (Å²) in [6.45, 7) is 1.50. The van der Waals surface area contributed by atoms with Crippen LogP contribution < -0.4 is 4.90 Å². The van der Waals surface area contributed by atoms with Gasteiger partial charge in [0.25, 0.3) is 0 Å². The number of H-pyrrole nitrogens is 1. The molecule has 0 radical (unpaired) electrons. The molecule has 7 nitrogen and oxygen atoms in total. The standard InChI is InChI=1S/C12H15N5O2/c1-19-12(18)8-3-2-4-17(5-8)11-9-10(14-6-13-9)15-7-16-11/h6-8H,2-5H2,1H3,(H,13,14,15,16). The number of carbonyl (C=O) groups is 1. The number of hydrogen-bond donors (Lipinski definition) is 1. The Morgan fingerprint density at radius 3 is 3.21 bits per heavy atom. The first-order valence-corrected chi connectivity index (χ1v) is 6.26. The minimum absolute atomic E-state index is 0.0910. The Labute approximate surface area is 110 Å². The van der Waals surface area contributed by atoms with E-state index in [4.69, 9.17) is 4.74 Å². The van der Waals surface area contributed by atoms with E-state index in [1.54, 1.807) is 6.33 Å². The summed E-state index contributed by atoms with van der Waals surface area (Å²) < 4.78 is 4.83. The van der Waals surface area contributed by atoms with Gasteiger partial charge >= 0.3 is 5.97 Å². The minimum atomic E-state index is -0.153. The highest BCUT2D eigenvalue weighted by Gasteiger charge is 2.28. The van der Waals surface area contributed by atoms with Crippen LogP contribution in [0.2, 0.25) is 0 Å². The largest absolute Gasteiger partial charge is 0.469 e. The lowest BCUT2D eigenvalue weighted by molar-refractivity contribution is -0.145. The normalized spacial score (nSPS) is 19.6. The molecule has 19 heavy (non-hydrogen) atoms. The van der Waals surface area contributed by atoms with E-state index in [0.29, 0.717) is 12.2 Å². The van der Waals surface area contributed by atoms with Gasteiger partial charge in [-0.25, -0.2) is 15.0 Å². The Bertz CT molecular complexity index is 597. The number of imidazole rings is 1. The highest BCUT2D eigenvalue weighted by atomic mass is 16.5. The molecule has 3 rings (SSSR count). The zero-order valence-electron chi connectivity index (χ0n) is 10.7. The first-order chi connectivity index (χ1) is 9.29. The fraction of sp³-hybridized carbons (Fsp3) is 0.500. The van der Waals surface area contributed by atoms with E-state index in [0.717, 1.165) is 30.7 Å². The van der Waals surface area contributed by atoms with E-state index in [-0.39, 0.29) is 11.9 Å². The monoisotopic (exact) mass is 261 g/mol. The molecule has 0 amide bonds. The Balaban J connectivity index is 1.89. The van der Waals surface area contributed by atoms with Gasteiger partial charge < -0.3 is 14.6 Å². The van der Waals surface area contributed by atoms with Crippen LogP contribution in [0.15, 0.2) is 12.7 Å². The molecule has 1 fully saturated rings. The van der Waals surface area contributed by atoms with Gasteiger partial charge in [-0.1, -0.05) is 0 Å². The summed E-state index contributed by atoms with van der Waals surface area (Å²) in [5.41, 5.74) is 1.46. The number of carbonyl (C=O) groups excluding carboxylic acids is 1. The van der Waals surface area contributed by atoms with Crippen molar-refractivity contribution in [3.05, 3.63) is 12.7 Å². The number of nitrogens with one attached hydrogen (secondary N) is 1. The average Bonchev–Trinajstić information content (AvgIpc) is 2.94. The zero-order chi connectivity index (χ0) is 13.2. The van der Waals surface area contributed by atoms with Crippen LogP contribution in [-0.4, -0.2) is 46.1 Å². The molecule has 7 heteroatoms. The van der Waals surface area contributed by atoms with Crippen molar-refractivity contribution in [2.45, 2.75) is 12.8 Å². The maximum atomic E-state index is 11.7. The summed E-state index contributed by atoms with van der Waals surface area (Å²) >= 11 is 0. The van der Waals surface area contributed by atoms with E-state index in [9.17, 15) is 4.79 Å². The molecule has 1 unspecified atom stereocenters. The lowest BCUT2D eigenvalue weighted by Crippen LogP contribution is -2.39. The van der Waals surface area contributed by atoms with Crippen LogP contribution in [0, 0.1) is 5.92 Å². The van der Waals surface area contributed by atoms with Crippen LogP contribution in [0.4, 0.5) is 5.82 Å². The molecule has 1 saturated heterocycles. The average molecular weight is 261 g/mol. The van der Waals surface area contributed by atoms with Crippen LogP contribution in [-0.2, 0) is 9.53 Å². The number of anilines is 1. The molecule has 0 saturated carbocycles. The second-order valence-corrected chi connectivity index (χ2v) is 4.61. The number of rotatable bonds is 2. The van der Waals surface area contributed by atoms with Gasteiger partial charge in [-0.3, -0.25) is 4.79 Å². The van der Waals surface area contributed by atoms with Gasteiger partial charge in [0.2, 0.25) is 0 Å². The predicted octanol–water partition coefficient (Wildman–Crippen LogP) is 0.742. The maximum Gasteiger partial charge on any atom is 0.310 e. The van der Waals surface area contributed by atoms with E-state index in [1.807, 2.05) is 0 Å². The highest BCUT2D eigenvalue weighted by molar-refractivity contribution is 5.83. The van der Waals surface area contributed by atoms with Gasteiger partial charge in [-0.15, -0.1) is 0 Å². The van der Waals surface area contributed by atoms with E-state index < -0.39 is 0 Å². The number of ether oxygens (including phenoxy) is 1. The number of aromatic nitrogens is 4. The lowest BCUT2D eigenvalue weighted by atomic mass is 9.98. The quantitative estimate of drug-likeness (QED) is 0.803. The minimum Gasteiger partial charge on any atom is -0.469 e. The first kappa shape index (κ1) is 11.9. The Hall–Kier alpha value is -2.18. The van der Waals surface area contributed by atoms with Crippen molar-refractivity contribution in [1.82, 2.24) is 19.9 Å². The van der Waals surface area contributed by atoms with Gasteiger partial charge in [0.05, 0.1) is 19.4 Å². The van der Waals surface area contributed by atoms with Crippen molar-refractivity contribution < 1.29 is 9.53 Å². The zero-order valence-corrected chi connectivity index (χ0v) is 10.7.